The Labute approximate surface area is 205 Å². The number of amides is 1. The number of carboxylic acids is 1. The largest absolute Gasteiger partial charge is 0.481 e. The summed E-state index contributed by atoms with van der Waals surface area (Å²) >= 11 is 1.18. The van der Waals surface area contributed by atoms with Crippen molar-refractivity contribution in [1.82, 2.24) is 19.7 Å². The van der Waals surface area contributed by atoms with Gasteiger partial charge in [-0.3, -0.25) is 9.59 Å². The molecule has 5 rings (SSSR count). The van der Waals surface area contributed by atoms with Gasteiger partial charge in [0, 0.05) is 12.0 Å². The highest BCUT2D eigenvalue weighted by atomic mass is 32.1. The van der Waals surface area contributed by atoms with Crippen molar-refractivity contribution in [2.45, 2.75) is 38.8 Å². The van der Waals surface area contributed by atoms with Gasteiger partial charge in [-0.25, -0.2) is 14.6 Å². The molecule has 1 aliphatic rings. The number of aromatic nitrogens is 4. The number of anilines is 3. The molecule has 35 heavy (non-hydrogen) atoms. The summed E-state index contributed by atoms with van der Waals surface area (Å²) in [6.07, 6.45) is 6.08. The van der Waals surface area contributed by atoms with Crippen LogP contribution in [0, 0.1) is 6.92 Å². The van der Waals surface area contributed by atoms with Crippen LogP contribution in [0.15, 0.2) is 42.7 Å². The van der Waals surface area contributed by atoms with Crippen LogP contribution >= 0.6 is 11.3 Å². The molecule has 3 N–H and O–H groups in total. The minimum absolute atomic E-state index is 0.0924. The smallest absolute Gasteiger partial charge is 0.309 e. The van der Waals surface area contributed by atoms with Gasteiger partial charge in [-0.1, -0.05) is 23.5 Å². The average Bonchev–Trinajstić information content (AvgIpc) is 3.49. The standard InChI is InChI=1S/C24H24N6O4S/c1-14-8-9-17-16(12-26-30(17)20-7-2-3-10-34-20)22(14)29-23(33)18-13-25-24(35-18)28-19-6-4-5-15(27-19)11-21(31)32/h4-6,8-9,12-13,20H,2-3,7,10-11H2,1H3,(H,29,33)(H,31,32)(H,25,27,28). The maximum atomic E-state index is 13.1. The van der Waals surface area contributed by atoms with Gasteiger partial charge in [0.2, 0.25) is 0 Å². The molecule has 180 valence electrons. The Balaban J connectivity index is 1.33. The third kappa shape index (κ3) is 5.00. The number of carbonyl (C=O) groups is 2. The van der Waals surface area contributed by atoms with Crippen LogP contribution in [-0.2, 0) is 16.0 Å². The normalized spacial score (nSPS) is 15.7. The molecule has 0 bridgehead atoms. The Hall–Kier alpha value is -3.83. The zero-order valence-electron chi connectivity index (χ0n) is 19.0. The first kappa shape index (κ1) is 22.9. The van der Waals surface area contributed by atoms with E-state index in [-0.39, 0.29) is 18.6 Å². The Morgan fingerprint density at radius 3 is 2.91 bits per heavy atom. The molecule has 10 nitrogen and oxygen atoms in total. The molecular weight excluding hydrogens is 468 g/mol. The molecule has 1 aliphatic heterocycles. The van der Waals surface area contributed by atoms with Crippen molar-refractivity contribution < 1.29 is 19.4 Å². The van der Waals surface area contributed by atoms with Crippen molar-refractivity contribution in [2.24, 2.45) is 0 Å². The summed E-state index contributed by atoms with van der Waals surface area (Å²) < 4.78 is 7.79. The van der Waals surface area contributed by atoms with Crippen LogP contribution in [-0.4, -0.2) is 43.3 Å². The fourth-order valence-electron chi connectivity index (χ4n) is 4.07. The van der Waals surface area contributed by atoms with Gasteiger partial charge in [-0.2, -0.15) is 5.10 Å². The number of ether oxygens (including phenoxy) is 1. The topological polar surface area (TPSA) is 131 Å². The molecule has 0 radical (unpaired) electrons. The summed E-state index contributed by atoms with van der Waals surface area (Å²) in [6, 6.07) is 9.05. The summed E-state index contributed by atoms with van der Waals surface area (Å²) in [4.78, 5) is 33.0. The lowest BCUT2D eigenvalue weighted by Crippen LogP contribution is -2.19. The van der Waals surface area contributed by atoms with Gasteiger partial charge >= 0.3 is 5.97 Å². The lowest BCUT2D eigenvalue weighted by atomic mass is 10.1. The Kier molecular flexibility index (Phi) is 6.43. The van der Waals surface area contributed by atoms with Gasteiger partial charge < -0.3 is 20.5 Å². The van der Waals surface area contributed by atoms with Gasteiger partial charge in [0.25, 0.3) is 5.91 Å². The number of pyridine rings is 1. The summed E-state index contributed by atoms with van der Waals surface area (Å²) in [5, 5.41) is 20.9. The van der Waals surface area contributed by atoms with Crippen LogP contribution in [0.4, 0.5) is 16.6 Å². The first-order valence-electron chi connectivity index (χ1n) is 11.3. The Morgan fingerprint density at radius 2 is 2.11 bits per heavy atom. The summed E-state index contributed by atoms with van der Waals surface area (Å²) in [5.41, 5.74) is 2.98. The first-order chi connectivity index (χ1) is 17.0. The number of fused-ring (bicyclic) bond motifs is 1. The molecule has 4 heterocycles. The van der Waals surface area contributed by atoms with Crippen molar-refractivity contribution in [3.05, 3.63) is 58.9 Å². The number of hydrogen-bond donors (Lipinski definition) is 3. The van der Waals surface area contributed by atoms with Gasteiger partial charge in [0.15, 0.2) is 11.4 Å². The third-order valence-corrected chi connectivity index (χ3v) is 6.67. The number of hydrogen-bond acceptors (Lipinski definition) is 8. The second-order valence-corrected chi connectivity index (χ2v) is 9.32. The molecule has 3 aromatic heterocycles. The maximum absolute atomic E-state index is 13.1. The lowest BCUT2D eigenvalue weighted by molar-refractivity contribution is -0.136. The lowest BCUT2D eigenvalue weighted by Gasteiger charge is -2.23. The second-order valence-electron chi connectivity index (χ2n) is 8.29. The minimum atomic E-state index is -0.954. The first-order valence-corrected chi connectivity index (χ1v) is 12.1. The van der Waals surface area contributed by atoms with Crippen molar-refractivity contribution in [2.75, 3.05) is 17.2 Å². The van der Waals surface area contributed by atoms with E-state index in [1.807, 2.05) is 23.7 Å². The highest BCUT2D eigenvalue weighted by molar-refractivity contribution is 7.17. The highest BCUT2D eigenvalue weighted by Crippen LogP contribution is 2.32. The number of carboxylic acid groups (broad SMARTS) is 1. The van der Waals surface area contributed by atoms with Crippen LogP contribution in [0.2, 0.25) is 0 Å². The second kappa shape index (κ2) is 9.80. The van der Waals surface area contributed by atoms with E-state index in [4.69, 9.17) is 9.84 Å². The molecule has 1 atom stereocenters. The fourth-order valence-corrected chi connectivity index (χ4v) is 4.78. The zero-order chi connectivity index (χ0) is 24.4. The third-order valence-electron chi connectivity index (χ3n) is 5.76. The molecule has 0 spiro atoms. The van der Waals surface area contributed by atoms with Gasteiger partial charge in [-0.05, 0) is 49.9 Å². The van der Waals surface area contributed by atoms with Crippen LogP contribution in [0.5, 0.6) is 0 Å². The zero-order valence-corrected chi connectivity index (χ0v) is 19.8. The van der Waals surface area contributed by atoms with E-state index >= 15 is 0 Å². The van der Waals surface area contributed by atoms with Crippen molar-refractivity contribution in [3.8, 4) is 0 Å². The molecule has 0 aliphatic carbocycles. The number of nitrogens with zero attached hydrogens (tertiary/aromatic N) is 4. The molecule has 0 saturated carbocycles. The number of thiazole rings is 1. The van der Waals surface area contributed by atoms with Gasteiger partial charge in [0.05, 0.1) is 35.7 Å². The molecule has 1 saturated heterocycles. The van der Waals surface area contributed by atoms with Crippen molar-refractivity contribution in [3.63, 3.8) is 0 Å². The van der Waals surface area contributed by atoms with Gasteiger partial charge in [-0.15, -0.1) is 0 Å². The van der Waals surface area contributed by atoms with E-state index in [1.165, 1.54) is 17.5 Å². The van der Waals surface area contributed by atoms with Crippen molar-refractivity contribution >= 4 is 50.8 Å². The Bertz CT molecular complexity index is 1390. The van der Waals surface area contributed by atoms with Crippen LogP contribution in [0.25, 0.3) is 10.9 Å². The number of aryl methyl sites for hydroxylation is 1. The summed E-state index contributed by atoms with van der Waals surface area (Å²) in [7, 11) is 0. The number of rotatable bonds is 7. The number of carbonyl (C=O) groups excluding carboxylic acids is 1. The van der Waals surface area contributed by atoms with Crippen LogP contribution in [0.1, 0.15) is 46.4 Å². The molecule has 1 unspecified atom stereocenters. The fraction of sp³-hybridized carbons (Fsp3) is 0.292. The van der Waals surface area contributed by atoms with E-state index in [9.17, 15) is 9.59 Å². The van der Waals surface area contributed by atoms with Crippen LogP contribution < -0.4 is 10.6 Å². The summed E-state index contributed by atoms with van der Waals surface area (Å²) in [6.45, 7) is 2.67. The van der Waals surface area contributed by atoms with E-state index in [2.05, 4.69) is 25.7 Å². The molecular formula is C24H24N6O4S. The number of benzene rings is 1. The van der Waals surface area contributed by atoms with Gasteiger partial charge in [0.1, 0.15) is 10.7 Å². The van der Waals surface area contributed by atoms with E-state index in [0.717, 1.165) is 42.3 Å². The predicted molar refractivity (Wildman–Crippen MR) is 132 cm³/mol. The average molecular weight is 493 g/mol. The molecule has 4 aromatic rings. The highest BCUT2D eigenvalue weighted by Gasteiger charge is 2.21. The van der Waals surface area contributed by atoms with E-state index in [0.29, 0.717) is 27.2 Å². The maximum Gasteiger partial charge on any atom is 0.309 e. The SMILES string of the molecule is Cc1ccc2c(cnn2C2CCCCO2)c1NC(=O)c1cnc(Nc2cccc(CC(=O)O)n2)s1. The van der Waals surface area contributed by atoms with Crippen LogP contribution in [0.3, 0.4) is 0 Å². The van der Waals surface area contributed by atoms with Crippen molar-refractivity contribution in [1.29, 1.82) is 0 Å². The monoisotopic (exact) mass is 492 g/mol. The number of nitrogens with one attached hydrogen (secondary N) is 2. The predicted octanol–water partition coefficient (Wildman–Crippen LogP) is 4.52. The Morgan fingerprint density at radius 1 is 1.23 bits per heavy atom. The quantitative estimate of drug-likeness (QED) is 0.343. The molecule has 1 fully saturated rings. The number of aliphatic carboxylic acids is 1. The minimum Gasteiger partial charge on any atom is -0.481 e. The molecule has 1 amide bonds. The molecule has 1 aromatic carbocycles. The van der Waals surface area contributed by atoms with E-state index in [1.54, 1.807) is 24.4 Å². The molecule has 11 heteroatoms. The van der Waals surface area contributed by atoms with E-state index < -0.39 is 5.97 Å². The summed E-state index contributed by atoms with van der Waals surface area (Å²) in [5.74, 6) is -0.770.